The first-order chi connectivity index (χ1) is 15.2. The van der Waals surface area contributed by atoms with Crippen LogP contribution in [0.4, 0.5) is 5.82 Å². The molecular formula is C22H24N6O3. The van der Waals surface area contributed by atoms with Gasteiger partial charge in [-0.25, -0.2) is 4.98 Å². The molecule has 2 N–H and O–H groups in total. The Bertz CT molecular complexity index is 1280. The molecule has 0 spiro atoms. The molecule has 4 heterocycles. The monoisotopic (exact) mass is 420 g/mol. The largest absolute Gasteiger partial charge is 0.377 e. The number of methoxy groups -OCH3 is 1. The summed E-state index contributed by atoms with van der Waals surface area (Å²) < 4.78 is 15.2. The minimum atomic E-state index is -0.227. The zero-order valence-corrected chi connectivity index (χ0v) is 17.6. The molecule has 1 saturated heterocycles. The summed E-state index contributed by atoms with van der Waals surface area (Å²) in [6.45, 7) is 1.16. The molecule has 9 heteroatoms. The number of fused-ring (bicyclic) bond motifs is 2. The molecule has 0 aliphatic carbocycles. The highest BCUT2D eigenvalue weighted by molar-refractivity contribution is 6.01. The summed E-state index contributed by atoms with van der Waals surface area (Å²) in [5, 5.41) is 11.2. The molecule has 0 radical (unpaired) electrons. The normalized spacial score (nSPS) is 18.7. The van der Waals surface area contributed by atoms with E-state index in [1.54, 1.807) is 18.7 Å². The fourth-order valence-electron chi connectivity index (χ4n) is 4.26. The highest BCUT2D eigenvalue weighted by Gasteiger charge is 2.31. The standard InChI is InChI=1S/C22H24N6O3/c1-23-20-8-16(26-21-14(22(29)24-2)9-25-28(20)21)15-10-27(17-7-5-4-6-13(15)17)18-11-31-12-19(18)30-3/h4-10,18-19,23H,11-12H2,1-3H3,(H,24,29)/t18-,19-/m0/s1. The van der Waals surface area contributed by atoms with Crippen LogP contribution in [0.2, 0.25) is 0 Å². The molecule has 31 heavy (non-hydrogen) atoms. The van der Waals surface area contributed by atoms with Crippen LogP contribution in [0.5, 0.6) is 0 Å². The fraction of sp³-hybridized carbons (Fsp3) is 0.318. The number of nitrogens with one attached hydrogen (secondary N) is 2. The van der Waals surface area contributed by atoms with E-state index in [2.05, 4.69) is 38.6 Å². The van der Waals surface area contributed by atoms with Crippen molar-refractivity contribution in [3.8, 4) is 11.3 Å². The minimum absolute atomic E-state index is 0.0124. The summed E-state index contributed by atoms with van der Waals surface area (Å²) in [4.78, 5) is 17.2. The van der Waals surface area contributed by atoms with Gasteiger partial charge in [0.1, 0.15) is 17.5 Å². The second-order valence-electron chi connectivity index (χ2n) is 7.50. The molecule has 2 atom stereocenters. The lowest BCUT2D eigenvalue weighted by atomic mass is 10.1. The van der Waals surface area contributed by atoms with Gasteiger partial charge in [-0.2, -0.15) is 9.61 Å². The van der Waals surface area contributed by atoms with E-state index in [0.29, 0.717) is 24.4 Å². The van der Waals surface area contributed by atoms with Crippen molar-refractivity contribution in [2.75, 3.05) is 39.7 Å². The molecule has 1 aliphatic rings. The van der Waals surface area contributed by atoms with Crippen LogP contribution in [0.1, 0.15) is 16.4 Å². The Hall–Kier alpha value is -3.43. The van der Waals surface area contributed by atoms with Gasteiger partial charge in [-0.1, -0.05) is 18.2 Å². The van der Waals surface area contributed by atoms with Crippen LogP contribution in [0.25, 0.3) is 27.8 Å². The third kappa shape index (κ3) is 3.05. The summed E-state index contributed by atoms with van der Waals surface area (Å²) in [5.41, 5.74) is 3.73. The first-order valence-electron chi connectivity index (χ1n) is 10.1. The Labute approximate surface area is 179 Å². The summed E-state index contributed by atoms with van der Waals surface area (Å²) in [6.07, 6.45) is 3.62. The first kappa shape index (κ1) is 19.5. The smallest absolute Gasteiger partial charge is 0.256 e. The van der Waals surface area contributed by atoms with E-state index in [0.717, 1.165) is 28.0 Å². The molecule has 3 aromatic heterocycles. The molecular weight excluding hydrogens is 396 g/mol. The van der Waals surface area contributed by atoms with Crippen molar-refractivity contribution in [2.45, 2.75) is 12.1 Å². The minimum Gasteiger partial charge on any atom is -0.377 e. The Kier molecular flexibility index (Phi) is 4.84. The van der Waals surface area contributed by atoms with Crippen molar-refractivity contribution in [1.82, 2.24) is 24.5 Å². The number of aromatic nitrogens is 4. The Morgan fingerprint density at radius 2 is 2.10 bits per heavy atom. The van der Waals surface area contributed by atoms with Gasteiger partial charge in [-0.3, -0.25) is 4.79 Å². The van der Waals surface area contributed by atoms with Crippen LogP contribution >= 0.6 is 0 Å². The van der Waals surface area contributed by atoms with Gasteiger partial charge in [0.25, 0.3) is 5.91 Å². The number of carbonyl (C=O) groups excluding carboxylic acids is 1. The van der Waals surface area contributed by atoms with Gasteiger partial charge < -0.3 is 24.7 Å². The number of anilines is 1. The Balaban J connectivity index is 1.73. The molecule has 9 nitrogen and oxygen atoms in total. The van der Waals surface area contributed by atoms with Gasteiger partial charge in [0, 0.05) is 49.9 Å². The van der Waals surface area contributed by atoms with Crippen LogP contribution in [0, 0.1) is 0 Å². The van der Waals surface area contributed by atoms with Crippen LogP contribution < -0.4 is 10.6 Å². The van der Waals surface area contributed by atoms with Crippen molar-refractivity contribution >= 4 is 28.3 Å². The molecule has 1 fully saturated rings. The van der Waals surface area contributed by atoms with E-state index in [1.807, 2.05) is 25.2 Å². The van der Waals surface area contributed by atoms with Gasteiger partial charge >= 0.3 is 0 Å². The lowest BCUT2D eigenvalue weighted by Gasteiger charge is -2.19. The van der Waals surface area contributed by atoms with Crippen molar-refractivity contribution in [2.24, 2.45) is 0 Å². The number of carbonyl (C=O) groups is 1. The van der Waals surface area contributed by atoms with E-state index >= 15 is 0 Å². The molecule has 1 aromatic carbocycles. The topological polar surface area (TPSA) is 94.7 Å². The van der Waals surface area contributed by atoms with Gasteiger partial charge in [-0.05, 0) is 6.07 Å². The van der Waals surface area contributed by atoms with Crippen molar-refractivity contribution in [1.29, 1.82) is 0 Å². The predicted molar refractivity (Wildman–Crippen MR) is 118 cm³/mol. The average molecular weight is 420 g/mol. The summed E-state index contributed by atoms with van der Waals surface area (Å²) in [5.74, 6) is 0.515. The summed E-state index contributed by atoms with van der Waals surface area (Å²) in [7, 11) is 5.13. The zero-order chi connectivity index (χ0) is 21.5. The van der Waals surface area contributed by atoms with Crippen molar-refractivity contribution in [3.63, 3.8) is 0 Å². The maximum Gasteiger partial charge on any atom is 0.256 e. The first-order valence-corrected chi connectivity index (χ1v) is 10.1. The second-order valence-corrected chi connectivity index (χ2v) is 7.50. The molecule has 5 rings (SSSR count). The van der Waals surface area contributed by atoms with E-state index in [-0.39, 0.29) is 18.1 Å². The molecule has 0 unspecified atom stereocenters. The number of ether oxygens (including phenoxy) is 2. The van der Waals surface area contributed by atoms with Gasteiger partial charge in [0.05, 0.1) is 31.1 Å². The van der Waals surface area contributed by atoms with Crippen LogP contribution in [0.3, 0.4) is 0 Å². The van der Waals surface area contributed by atoms with E-state index < -0.39 is 0 Å². The SMILES string of the molecule is CNC(=O)c1cnn2c(NC)cc(-c3cn([C@H]4COC[C@@H]4OC)c4ccccc34)nc12. The molecule has 0 saturated carbocycles. The quantitative estimate of drug-likeness (QED) is 0.515. The fourth-order valence-corrected chi connectivity index (χ4v) is 4.26. The number of benzene rings is 1. The van der Waals surface area contributed by atoms with Gasteiger partial charge in [-0.15, -0.1) is 0 Å². The van der Waals surface area contributed by atoms with Crippen LogP contribution in [0.15, 0.2) is 42.7 Å². The molecule has 4 aromatic rings. The average Bonchev–Trinajstić information content (AvgIpc) is 3.53. The lowest BCUT2D eigenvalue weighted by molar-refractivity contribution is 0.0693. The van der Waals surface area contributed by atoms with Crippen molar-refractivity contribution < 1.29 is 14.3 Å². The summed E-state index contributed by atoms with van der Waals surface area (Å²) in [6, 6.07) is 10.2. The second kappa shape index (κ2) is 7.68. The number of hydrogen-bond donors (Lipinski definition) is 2. The molecule has 0 bridgehead atoms. The van der Waals surface area contributed by atoms with Gasteiger partial charge in [0.15, 0.2) is 5.65 Å². The van der Waals surface area contributed by atoms with Crippen LogP contribution in [-0.4, -0.2) is 65.6 Å². The number of para-hydroxylation sites is 1. The lowest BCUT2D eigenvalue weighted by Crippen LogP contribution is -2.23. The third-order valence-electron chi connectivity index (χ3n) is 5.88. The van der Waals surface area contributed by atoms with E-state index in [4.69, 9.17) is 14.5 Å². The molecule has 160 valence electrons. The van der Waals surface area contributed by atoms with Gasteiger partial charge in [0.2, 0.25) is 0 Å². The zero-order valence-electron chi connectivity index (χ0n) is 17.6. The van der Waals surface area contributed by atoms with E-state index in [9.17, 15) is 4.79 Å². The molecule has 1 aliphatic heterocycles. The number of nitrogens with zero attached hydrogens (tertiary/aromatic N) is 4. The van der Waals surface area contributed by atoms with Crippen molar-refractivity contribution in [3.05, 3.63) is 48.3 Å². The Morgan fingerprint density at radius 3 is 2.87 bits per heavy atom. The number of hydrogen-bond acceptors (Lipinski definition) is 6. The van der Waals surface area contributed by atoms with E-state index in [1.165, 1.54) is 6.20 Å². The predicted octanol–water partition coefficient (Wildman–Crippen LogP) is 2.34. The maximum absolute atomic E-state index is 12.3. The Morgan fingerprint density at radius 1 is 1.26 bits per heavy atom. The summed E-state index contributed by atoms with van der Waals surface area (Å²) >= 11 is 0. The van der Waals surface area contributed by atoms with Crippen LogP contribution in [-0.2, 0) is 9.47 Å². The molecule has 1 amide bonds. The number of rotatable bonds is 5. The number of amides is 1. The maximum atomic E-state index is 12.3. The highest BCUT2D eigenvalue weighted by atomic mass is 16.5. The third-order valence-corrected chi connectivity index (χ3v) is 5.88. The highest BCUT2D eigenvalue weighted by Crippen LogP contribution is 2.35.